The fourth-order valence-corrected chi connectivity index (χ4v) is 2.93. The molecule has 102 valence electrons. The summed E-state index contributed by atoms with van der Waals surface area (Å²) in [6.07, 6.45) is 1.81. The minimum absolute atomic E-state index is 0.0199. The molecule has 1 aromatic carbocycles. The van der Waals surface area contributed by atoms with Crippen LogP contribution in [0.3, 0.4) is 0 Å². The van der Waals surface area contributed by atoms with Crippen molar-refractivity contribution >= 4 is 11.8 Å². The van der Waals surface area contributed by atoms with Crippen LogP contribution < -0.4 is 5.73 Å². The van der Waals surface area contributed by atoms with Gasteiger partial charge >= 0.3 is 0 Å². The molecular weight excluding hydrogens is 254 g/mol. The number of nitrogens with zero attached hydrogens (tertiary/aromatic N) is 2. The van der Waals surface area contributed by atoms with Gasteiger partial charge < -0.3 is 5.73 Å². The van der Waals surface area contributed by atoms with Crippen molar-refractivity contribution in [2.45, 2.75) is 19.9 Å². The Bertz CT molecular complexity index is 493. The minimum Gasteiger partial charge on any atom is -0.322 e. The highest BCUT2D eigenvalue weighted by molar-refractivity contribution is 7.99. The summed E-state index contributed by atoms with van der Waals surface area (Å²) >= 11 is 1.91. The average molecular weight is 275 g/mol. The number of hydrogen-bond donors (Lipinski definition) is 1. The fourth-order valence-electron chi connectivity index (χ4n) is 1.90. The fraction of sp³-hybridized carbons (Fsp3) is 0.400. The Balaban J connectivity index is 2.07. The predicted molar refractivity (Wildman–Crippen MR) is 82.7 cm³/mol. The molecule has 0 spiro atoms. The molecule has 1 aromatic heterocycles. The molecule has 2 aromatic rings. The molecule has 0 amide bonds. The Morgan fingerprint density at radius 2 is 1.89 bits per heavy atom. The third-order valence-electron chi connectivity index (χ3n) is 2.80. The lowest BCUT2D eigenvalue weighted by molar-refractivity contribution is 0.712. The van der Waals surface area contributed by atoms with E-state index in [1.807, 2.05) is 59.0 Å². The molecule has 0 saturated heterocycles. The first-order valence-corrected chi connectivity index (χ1v) is 7.76. The molecule has 0 aliphatic heterocycles. The Kier molecular flexibility index (Phi) is 5.05. The first-order chi connectivity index (χ1) is 9.18. The number of nitrogens with two attached hydrogens (primary N) is 1. The monoisotopic (exact) mass is 275 g/mol. The van der Waals surface area contributed by atoms with Gasteiger partial charge in [-0.1, -0.05) is 32.0 Å². The second kappa shape index (κ2) is 6.78. The van der Waals surface area contributed by atoms with Gasteiger partial charge in [0.1, 0.15) is 0 Å². The summed E-state index contributed by atoms with van der Waals surface area (Å²) in [5, 5.41) is 4.38. The number of aromatic nitrogens is 2. The van der Waals surface area contributed by atoms with Gasteiger partial charge in [-0.05, 0) is 29.9 Å². The van der Waals surface area contributed by atoms with E-state index >= 15 is 0 Å². The van der Waals surface area contributed by atoms with Crippen LogP contribution in [0.5, 0.6) is 0 Å². The van der Waals surface area contributed by atoms with Crippen molar-refractivity contribution in [1.82, 2.24) is 9.78 Å². The van der Waals surface area contributed by atoms with Crippen molar-refractivity contribution < 1.29 is 0 Å². The van der Waals surface area contributed by atoms with Gasteiger partial charge in [-0.2, -0.15) is 16.9 Å². The molecule has 2 rings (SSSR count). The molecule has 0 aliphatic carbocycles. The minimum atomic E-state index is 0.0199. The molecule has 0 saturated carbocycles. The van der Waals surface area contributed by atoms with E-state index in [9.17, 15) is 0 Å². The van der Waals surface area contributed by atoms with Crippen molar-refractivity contribution in [2.24, 2.45) is 11.7 Å². The van der Waals surface area contributed by atoms with Crippen molar-refractivity contribution in [2.75, 3.05) is 11.5 Å². The number of rotatable bonds is 6. The van der Waals surface area contributed by atoms with E-state index in [2.05, 4.69) is 18.9 Å². The molecule has 19 heavy (non-hydrogen) atoms. The van der Waals surface area contributed by atoms with E-state index in [4.69, 9.17) is 5.73 Å². The molecule has 3 nitrogen and oxygen atoms in total. The number of benzene rings is 1. The smallest absolute Gasteiger partial charge is 0.0649 e. The van der Waals surface area contributed by atoms with Crippen LogP contribution in [0.15, 0.2) is 42.6 Å². The van der Waals surface area contributed by atoms with Crippen LogP contribution in [-0.2, 0) is 0 Å². The quantitative estimate of drug-likeness (QED) is 0.880. The van der Waals surface area contributed by atoms with E-state index in [0.29, 0.717) is 5.92 Å². The highest BCUT2D eigenvalue weighted by Gasteiger charge is 2.13. The zero-order chi connectivity index (χ0) is 13.7. The van der Waals surface area contributed by atoms with Crippen LogP contribution in [0.1, 0.15) is 25.6 Å². The van der Waals surface area contributed by atoms with Crippen LogP contribution in [0.25, 0.3) is 5.69 Å². The van der Waals surface area contributed by atoms with E-state index in [1.54, 1.807) is 0 Å². The van der Waals surface area contributed by atoms with Crippen LogP contribution >= 0.6 is 11.8 Å². The molecule has 1 heterocycles. The van der Waals surface area contributed by atoms with E-state index in [1.165, 1.54) is 0 Å². The first-order valence-electron chi connectivity index (χ1n) is 6.61. The topological polar surface area (TPSA) is 43.8 Å². The maximum absolute atomic E-state index is 6.28. The normalized spacial score (nSPS) is 12.8. The second-order valence-corrected chi connectivity index (χ2v) is 6.12. The molecule has 4 heteroatoms. The van der Waals surface area contributed by atoms with E-state index < -0.39 is 0 Å². The summed E-state index contributed by atoms with van der Waals surface area (Å²) in [6.45, 7) is 4.46. The van der Waals surface area contributed by atoms with Gasteiger partial charge in [0.05, 0.1) is 17.4 Å². The summed E-state index contributed by atoms with van der Waals surface area (Å²) in [5.74, 6) is 2.78. The predicted octanol–water partition coefficient (Wildman–Crippen LogP) is 3.26. The summed E-state index contributed by atoms with van der Waals surface area (Å²) in [4.78, 5) is 0. The van der Waals surface area contributed by atoms with Gasteiger partial charge in [-0.15, -0.1) is 0 Å². The average Bonchev–Trinajstić information content (AvgIpc) is 2.88. The summed E-state index contributed by atoms with van der Waals surface area (Å²) in [6, 6.07) is 12.2. The number of para-hydroxylation sites is 1. The molecule has 1 atom stereocenters. The Morgan fingerprint density at radius 1 is 1.16 bits per heavy atom. The molecule has 0 bridgehead atoms. The van der Waals surface area contributed by atoms with Crippen molar-refractivity contribution in [3.63, 3.8) is 0 Å². The molecular formula is C15H21N3S. The van der Waals surface area contributed by atoms with Gasteiger partial charge in [0, 0.05) is 11.9 Å². The van der Waals surface area contributed by atoms with Gasteiger partial charge in [0.15, 0.2) is 0 Å². The van der Waals surface area contributed by atoms with Gasteiger partial charge in [-0.3, -0.25) is 0 Å². The highest BCUT2D eigenvalue weighted by atomic mass is 32.2. The maximum atomic E-state index is 6.28. The van der Waals surface area contributed by atoms with Gasteiger partial charge in [-0.25, -0.2) is 4.68 Å². The van der Waals surface area contributed by atoms with Crippen LogP contribution in [0.2, 0.25) is 0 Å². The maximum Gasteiger partial charge on any atom is 0.0649 e. The lowest BCUT2D eigenvalue weighted by atomic mass is 10.2. The summed E-state index contributed by atoms with van der Waals surface area (Å²) in [5.41, 5.74) is 8.42. The molecule has 1 unspecified atom stereocenters. The van der Waals surface area contributed by atoms with Crippen molar-refractivity contribution in [1.29, 1.82) is 0 Å². The second-order valence-electron chi connectivity index (χ2n) is 5.04. The molecule has 0 fully saturated rings. The zero-order valence-corrected chi connectivity index (χ0v) is 12.3. The van der Waals surface area contributed by atoms with Gasteiger partial charge in [0.25, 0.3) is 0 Å². The largest absolute Gasteiger partial charge is 0.322 e. The van der Waals surface area contributed by atoms with Gasteiger partial charge in [0.2, 0.25) is 0 Å². The van der Waals surface area contributed by atoms with Crippen LogP contribution in [0.4, 0.5) is 0 Å². The molecule has 0 aliphatic rings. The lowest BCUT2D eigenvalue weighted by Crippen LogP contribution is -2.18. The Morgan fingerprint density at radius 3 is 2.58 bits per heavy atom. The lowest BCUT2D eigenvalue weighted by Gasteiger charge is -2.14. The van der Waals surface area contributed by atoms with E-state index in [0.717, 1.165) is 22.9 Å². The Labute approximate surface area is 119 Å². The third kappa shape index (κ3) is 3.85. The molecule has 0 radical (unpaired) electrons. The summed E-state index contributed by atoms with van der Waals surface area (Å²) < 4.78 is 1.93. The van der Waals surface area contributed by atoms with Crippen LogP contribution in [0, 0.1) is 5.92 Å². The number of hydrogen-bond acceptors (Lipinski definition) is 3. The van der Waals surface area contributed by atoms with Crippen molar-refractivity contribution in [3.8, 4) is 5.69 Å². The molecule has 2 N–H and O–H groups in total. The third-order valence-corrected chi connectivity index (χ3v) is 4.30. The van der Waals surface area contributed by atoms with Crippen molar-refractivity contribution in [3.05, 3.63) is 48.3 Å². The first kappa shape index (κ1) is 14.2. The zero-order valence-electron chi connectivity index (χ0n) is 11.5. The Hall–Kier alpha value is -1.26. The summed E-state index contributed by atoms with van der Waals surface area (Å²) in [7, 11) is 0. The standard InChI is InChI=1S/C15H21N3S/c1-12(2)10-19-11-14(16)15-8-9-17-18(15)13-6-4-3-5-7-13/h3-9,12,14H,10-11,16H2,1-2H3. The van der Waals surface area contributed by atoms with Crippen LogP contribution in [-0.4, -0.2) is 21.3 Å². The number of thioether (sulfide) groups is 1. The SMILES string of the molecule is CC(C)CSCC(N)c1ccnn1-c1ccccc1. The highest BCUT2D eigenvalue weighted by Crippen LogP contribution is 2.20. The van der Waals surface area contributed by atoms with E-state index in [-0.39, 0.29) is 6.04 Å².